The number of rotatable bonds is 6. The van der Waals surface area contributed by atoms with Gasteiger partial charge in [-0.2, -0.15) is 0 Å². The molecule has 0 spiro atoms. The number of hydrogen-bond donors (Lipinski definition) is 1. The van der Waals surface area contributed by atoms with Gasteiger partial charge in [0.05, 0.1) is 0 Å². The number of unbranched alkanes of at least 4 members (excludes halogenated alkanes) is 1. The Balaban J connectivity index is 2.55. The van der Waals surface area contributed by atoms with Gasteiger partial charge in [0, 0.05) is 12.2 Å². The lowest BCUT2D eigenvalue weighted by molar-refractivity contribution is 0.853. The molecule has 0 saturated heterocycles. The van der Waals surface area contributed by atoms with E-state index < -0.39 is 0 Å². The van der Waals surface area contributed by atoms with Crippen LogP contribution in [0.4, 0.5) is 5.69 Å². The highest BCUT2D eigenvalue weighted by Crippen LogP contribution is 2.23. The van der Waals surface area contributed by atoms with E-state index in [1.54, 1.807) is 0 Å². The Bertz CT molecular complexity index is 302. The van der Waals surface area contributed by atoms with Crippen molar-refractivity contribution in [3.8, 4) is 0 Å². The van der Waals surface area contributed by atoms with Gasteiger partial charge in [-0.05, 0) is 30.4 Å². The molecule has 0 aliphatic carbocycles. The molecule has 0 aliphatic heterocycles. The summed E-state index contributed by atoms with van der Waals surface area (Å²) in [5.74, 6) is 0.577. The first kappa shape index (κ1) is 11.8. The highest BCUT2D eigenvalue weighted by Gasteiger charge is 2.03. The molecule has 15 heavy (non-hydrogen) atoms. The zero-order valence-electron chi connectivity index (χ0n) is 9.79. The van der Waals surface area contributed by atoms with Crippen LogP contribution in [0.15, 0.2) is 36.9 Å². The number of benzene rings is 1. The topological polar surface area (TPSA) is 12.0 Å². The summed E-state index contributed by atoms with van der Waals surface area (Å²) >= 11 is 0. The Hall–Kier alpha value is -1.24. The summed E-state index contributed by atoms with van der Waals surface area (Å²) in [6, 6.07) is 8.54. The van der Waals surface area contributed by atoms with Crippen LogP contribution in [0.25, 0.3) is 0 Å². The Morgan fingerprint density at radius 1 is 1.33 bits per heavy atom. The number of nitrogens with one attached hydrogen (secondary N) is 1. The molecule has 0 fully saturated rings. The highest BCUT2D eigenvalue weighted by molar-refractivity contribution is 5.52. The van der Waals surface area contributed by atoms with Gasteiger partial charge in [0.15, 0.2) is 0 Å². The van der Waals surface area contributed by atoms with Crippen LogP contribution in [0.2, 0.25) is 0 Å². The molecular weight excluding hydrogens is 182 g/mol. The van der Waals surface area contributed by atoms with Gasteiger partial charge in [-0.25, -0.2) is 0 Å². The van der Waals surface area contributed by atoms with Crippen molar-refractivity contribution in [2.75, 3.05) is 11.9 Å². The van der Waals surface area contributed by atoms with Gasteiger partial charge in [-0.1, -0.05) is 38.1 Å². The number of anilines is 1. The fraction of sp³-hybridized carbons (Fsp3) is 0.429. The second-order valence-corrected chi connectivity index (χ2v) is 4.10. The predicted molar refractivity (Wildman–Crippen MR) is 68.5 cm³/mol. The second kappa shape index (κ2) is 6.28. The van der Waals surface area contributed by atoms with Crippen LogP contribution in [0, 0.1) is 0 Å². The molecule has 1 aromatic rings. The number of hydrogen-bond acceptors (Lipinski definition) is 1. The van der Waals surface area contributed by atoms with Crippen molar-refractivity contribution in [3.05, 3.63) is 42.5 Å². The van der Waals surface area contributed by atoms with Crippen molar-refractivity contribution in [2.24, 2.45) is 0 Å². The van der Waals surface area contributed by atoms with Gasteiger partial charge in [0.2, 0.25) is 0 Å². The van der Waals surface area contributed by atoms with E-state index in [2.05, 4.69) is 50.0 Å². The van der Waals surface area contributed by atoms with Crippen LogP contribution in [0.1, 0.15) is 38.2 Å². The molecule has 1 rings (SSSR count). The fourth-order valence-corrected chi connectivity index (χ4v) is 1.63. The molecule has 0 aliphatic rings. The predicted octanol–water partition coefficient (Wildman–Crippen LogP) is 4.19. The van der Waals surface area contributed by atoms with Gasteiger partial charge >= 0.3 is 0 Å². The summed E-state index contributed by atoms with van der Waals surface area (Å²) in [5.41, 5.74) is 2.67. The summed E-state index contributed by atoms with van der Waals surface area (Å²) in [4.78, 5) is 0. The van der Waals surface area contributed by atoms with Crippen LogP contribution >= 0.6 is 0 Å². The third kappa shape index (κ3) is 3.78. The Morgan fingerprint density at radius 2 is 2.07 bits per heavy atom. The van der Waals surface area contributed by atoms with E-state index in [-0.39, 0.29) is 0 Å². The number of allylic oxidation sites excluding steroid dienone is 1. The monoisotopic (exact) mass is 203 g/mol. The quantitative estimate of drug-likeness (QED) is 0.540. The van der Waals surface area contributed by atoms with Crippen molar-refractivity contribution in [1.29, 1.82) is 0 Å². The molecule has 1 nitrogen and oxygen atoms in total. The molecule has 0 atom stereocenters. The number of para-hydroxylation sites is 1. The van der Waals surface area contributed by atoms with Crippen LogP contribution in [-0.4, -0.2) is 6.54 Å². The Labute approximate surface area is 93.2 Å². The molecule has 0 heterocycles. The fourth-order valence-electron chi connectivity index (χ4n) is 1.63. The normalized spacial score (nSPS) is 10.3. The van der Waals surface area contributed by atoms with E-state index in [1.165, 1.54) is 11.3 Å². The van der Waals surface area contributed by atoms with E-state index in [9.17, 15) is 0 Å². The van der Waals surface area contributed by atoms with Crippen molar-refractivity contribution < 1.29 is 0 Å². The van der Waals surface area contributed by atoms with E-state index >= 15 is 0 Å². The lowest BCUT2D eigenvalue weighted by Gasteiger charge is -2.14. The summed E-state index contributed by atoms with van der Waals surface area (Å²) in [7, 11) is 0. The summed E-state index contributed by atoms with van der Waals surface area (Å²) in [6.07, 6.45) is 4.20. The summed E-state index contributed by atoms with van der Waals surface area (Å²) in [6.45, 7) is 9.20. The largest absolute Gasteiger partial charge is 0.385 e. The lowest BCUT2D eigenvalue weighted by Crippen LogP contribution is -2.04. The van der Waals surface area contributed by atoms with Crippen molar-refractivity contribution in [3.63, 3.8) is 0 Å². The van der Waals surface area contributed by atoms with Crippen molar-refractivity contribution in [1.82, 2.24) is 0 Å². The van der Waals surface area contributed by atoms with E-state index in [0.29, 0.717) is 5.92 Å². The minimum Gasteiger partial charge on any atom is -0.385 e. The smallest absolute Gasteiger partial charge is 0.0375 e. The average Bonchev–Trinajstić information content (AvgIpc) is 2.25. The van der Waals surface area contributed by atoms with Gasteiger partial charge in [-0.15, -0.1) is 6.58 Å². The Morgan fingerprint density at radius 3 is 2.73 bits per heavy atom. The van der Waals surface area contributed by atoms with Crippen LogP contribution < -0.4 is 5.32 Å². The minimum atomic E-state index is 0.577. The zero-order chi connectivity index (χ0) is 11.1. The lowest BCUT2D eigenvalue weighted by atomic mass is 10.0. The maximum absolute atomic E-state index is 3.72. The zero-order valence-corrected chi connectivity index (χ0v) is 9.79. The van der Waals surface area contributed by atoms with Crippen LogP contribution in [-0.2, 0) is 0 Å². The molecule has 0 radical (unpaired) electrons. The molecule has 1 N–H and O–H groups in total. The second-order valence-electron chi connectivity index (χ2n) is 4.10. The van der Waals surface area contributed by atoms with Gasteiger partial charge in [0.25, 0.3) is 0 Å². The van der Waals surface area contributed by atoms with Crippen molar-refractivity contribution >= 4 is 5.69 Å². The van der Waals surface area contributed by atoms with Crippen molar-refractivity contribution in [2.45, 2.75) is 32.6 Å². The molecular formula is C14H21N. The Kier molecular flexibility index (Phi) is 4.96. The summed E-state index contributed by atoms with van der Waals surface area (Å²) < 4.78 is 0. The third-order valence-electron chi connectivity index (χ3n) is 2.48. The van der Waals surface area contributed by atoms with Gasteiger partial charge in [-0.3, -0.25) is 0 Å². The molecule has 0 saturated carbocycles. The van der Waals surface area contributed by atoms with Crippen LogP contribution in [0.5, 0.6) is 0 Å². The molecule has 82 valence electrons. The molecule has 1 aromatic carbocycles. The first-order valence-electron chi connectivity index (χ1n) is 5.69. The molecule has 0 unspecified atom stereocenters. The maximum Gasteiger partial charge on any atom is 0.0375 e. The van der Waals surface area contributed by atoms with Gasteiger partial charge in [0.1, 0.15) is 0 Å². The minimum absolute atomic E-state index is 0.577. The molecule has 0 bridgehead atoms. The van der Waals surface area contributed by atoms with Crippen LogP contribution in [0.3, 0.4) is 0 Å². The SMILES string of the molecule is C=CCCCNc1ccccc1C(C)C. The maximum atomic E-state index is 3.72. The standard InChI is InChI=1S/C14H21N/c1-4-5-8-11-15-14-10-7-6-9-13(14)12(2)3/h4,6-7,9-10,12,15H,1,5,8,11H2,2-3H3. The first-order valence-corrected chi connectivity index (χ1v) is 5.69. The van der Waals surface area contributed by atoms with E-state index in [0.717, 1.165) is 19.4 Å². The molecule has 0 amide bonds. The highest BCUT2D eigenvalue weighted by atomic mass is 14.9. The van der Waals surface area contributed by atoms with Gasteiger partial charge < -0.3 is 5.32 Å². The summed E-state index contributed by atoms with van der Waals surface area (Å²) in [5, 5.41) is 3.48. The first-order chi connectivity index (χ1) is 7.25. The third-order valence-corrected chi connectivity index (χ3v) is 2.48. The van der Waals surface area contributed by atoms with E-state index in [1.807, 2.05) is 6.08 Å². The van der Waals surface area contributed by atoms with E-state index in [4.69, 9.17) is 0 Å². The molecule has 1 heteroatoms. The average molecular weight is 203 g/mol. The molecule has 0 aromatic heterocycles.